The molecule has 3 heteroatoms. The summed E-state index contributed by atoms with van der Waals surface area (Å²) < 4.78 is 5.32. The van der Waals surface area contributed by atoms with Crippen LogP contribution in [0.1, 0.15) is 11.1 Å². The van der Waals surface area contributed by atoms with Crippen LogP contribution in [0, 0.1) is 13.8 Å². The molecule has 1 nitrogen and oxygen atoms in total. The van der Waals surface area contributed by atoms with Crippen LogP contribution in [-0.2, 0) is 0 Å². The van der Waals surface area contributed by atoms with Gasteiger partial charge in [0.15, 0.2) is 0 Å². The minimum absolute atomic E-state index is 0.180. The van der Waals surface area contributed by atoms with Gasteiger partial charge in [-0.1, -0.05) is 29.8 Å². The summed E-state index contributed by atoms with van der Waals surface area (Å²) in [4.78, 5) is 0. The fourth-order valence-corrected chi connectivity index (χ4v) is 1.20. The molecule has 0 unspecified atom stereocenters. The fourth-order valence-electron chi connectivity index (χ4n) is 1.08. The summed E-state index contributed by atoms with van der Waals surface area (Å²) >= 11 is 11.0. The van der Waals surface area contributed by atoms with Crippen LogP contribution in [0.3, 0.4) is 0 Å². The first-order valence-electron chi connectivity index (χ1n) is 3.85. The third-order valence-electron chi connectivity index (χ3n) is 1.69. The van der Waals surface area contributed by atoms with Crippen molar-refractivity contribution >= 4 is 23.2 Å². The molecule has 13 heavy (non-hydrogen) atoms. The van der Waals surface area contributed by atoms with E-state index in [1.54, 1.807) is 0 Å². The van der Waals surface area contributed by atoms with Gasteiger partial charge in [0.1, 0.15) is 5.75 Å². The Labute approximate surface area is 87.9 Å². The van der Waals surface area contributed by atoms with Crippen LogP contribution < -0.4 is 4.74 Å². The topological polar surface area (TPSA) is 9.23 Å². The van der Waals surface area contributed by atoms with E-state index in [9.17, 15) is 0 Å². The van der Waals surface area contributed by atoms with Gasteiger partial charge in [0.2, 0.25) is 5.22 Å². The molecule has 0 saturated heterocycles. The van der Waals surface area contributed by atoms with E-state index in [0.717, 1.165) is 16.9 Å². The Hall–Kier alpha value is -0.660. The number of para-hydroxylation sites is 1. The minimum atomic E-state index is 0.180. The molecule has 0 aliphatic rings. The lowest BCUT2D eigenvalue weighted by atomic mass is 10.1. The van der Waals surface area contributed by atoms with Crippen LogP contribution in [0.4, 0.5) is 0 Å². The van der Waals surface area contributed by atoms with Gasteiger partial charge >= 0.3 is 0 Å². The summed E-state index contributed by atoms with van der Waals surface area (Å²) in [5.74, 6) is 0.768. The van der Waals surface area contributed by atoms with Gasteiger partial charge in [-0.3, -0.25) is 0 Å². The van der Waals surface area contributed by atoms with Crippen molar-refractivity contribution in [3.63, 3.8) is 0 Å². The Kier molecular flexibility index (Phi) is 3.64. The van der Waals surface area contributed by atoms with Crippen LogP contribution >= 0.6 is 23.2 Å². The van der Waals surface area contributed by atoms with E-state index in [4.69, 9.17) is 27.9 Å². The smallest absolute Gasteiger partial charge is 0.205 e. The molecule has 0 fully saturated rings. The molecule has 0 aromatic heterocycles. The fraction of sp³-hybridized carbons (Fsp3) is 0.200. The van der Waals surface area contributed by atoms with Gasteiger partial charge < -0.3 is 4.74 Å². The summed E-state index contributed by atoms with van der Waals surface area (Å²) in [6.45, 7) is 3.92. The Morgan fingerprint density at radius 3 is 2.31 bits per heavy atom. The molecule has 0 bridgehead atoms. The Morgan fingerprint density at radius 2 is 1.85 bits per heavy atom. The van der Waals surface area contributed by atoms with E-state index in [0.29, 0.717) is 0 Å². The van der Waals surface area contributed by atoms with Crippen LogP contribution in [0.25, 0.3) is 0 Å². The zero-order valence-electron chi connectivity index (χ0n) is 7.47. The standard InChI is InChI=1S/C10H10Cl2O/c1-7-4-3-5-8(2)10(7)13-9(12)6-11/h3-6H,1-2H3/b9-6+. The molecule has 0 heterocycles. The van der Waals surface area contributed by atoms with E-state index in [1.165, 1.54) is 5.54 Å². The second-order valence-corrected chi connectivity index (χ2v) is 3.33. The lowest BCUT2D eigenvalue weighted by Crippen LogP contribution is -1.92. The average molecular weight is 217 g/mol. The number of aryl methyl sites for hydroxylation is 2. The van der Waals surface area contributed by atoms with Crippen LogP contribution in [-0.4, -0.2) is 0 Å². The monoisotopic (exact) mass is 216 g/mol. The first-order valence-corrected chi connectivity index (χ1v) is 4.66. The first-order chi connectivity index (χ1) is 6.15. The first kappa shape index (κ1) is 10.4. The highest BCUT2D eigenvalue weighted by molar-refractivity contribution is 6.35. The quantitative estimate of drug-likeness (QED) is 0.681. The normalized spacial score (nSPS) is 11.5. The molecular formula is C10H10Cl2O. The molecule has 0 aliphatic heterocycles. The van der Waals surface area contributed by atoms with Crippen molar-refractivity contribution < 1.29 is 4.74 Å². The molecule has 0 radical (unpaired) electrons. The van der Waals surface area contributed by atoms with Crippen LogP contribution in [0.2, 0.25) is 0 Å². The number of hydrogen-bond donors (Lipinski definition) is 0. The van der Waals surface area contributed by atoms with E-state index >= 15 is 0 Å². The molecule has 0 amide bonds. The maximum Gasteiger partial charge on any atom is 0.205 e. The number of halogens is 2. The molecule has 0 spiro atoms. The van der Waals surface area contributed by atoms with Crippen molar-refractivity contribution in [2.75, 3.05) is 0 Å². The van der Waals surface area contributed by atoms with E-state index in [1.807, 2.05) is 32.0 Å². The van der Waals surface area contributed by atoms with Crippen molar-refractivity contribution in [3.05, 3.63) is 40.1 Å². The molecule has 0 aliphatic carbocycles. The molecule has 0 saturated carbocycles. The second kappa shape index (κ2) is 4.54. The van der Waals surface area contributed by atoms with Crippen molar-refractivity contribution in [1.29, 1.82) is 0 Å². The largest absolute Gasteiger partial charge is 0.444 e. The van der Waals surface area contributed by atoms with E-state index in [2.05, 4.69) is 0 Å². The lowest BCUT2D eigenvalue weighted by Gasteiger charge is -2.09. The van der Waals surface area contributed by atoms with Crippen molar-refractivity contribution in [3.8, 4) is 5.75 Å². The van der Waals surface area contributed by atoms with E-state index < -0.39 is 0 Å². The average Bonchev–Trinajstić information content (AvgIpc) is 2.11. The molecule has 1 rings (SSSR count). The maximum absolute atomic E-state index is 5.65. The summed E-state index contributed by atoms with van der Waals surface area (Å²) in [6, 6.07) is 5.89. The van der Waals surface area contributed by atoms with Gasteiger partial charge in [-0.2, -0.15) is 0 Å². The zero-order valence-corrected chi connectivity index (χ0v) is 8.99. The van der Waals surface area contributed by atoms with Crippen LogP contribution in [0.5, 0.6) is 5.75 Å². The summed E-state index contributed by atoms with van der Waals surface area (Å²) in [5, 5.41) is 0.180. The number of benzene rings is 1. The Bertz CT molecular complexity index is 311. The maximum atomic E-state index is 5.65. The van der Waals surface area contributed by atoms with Gasteiger partial charge in [-0.05, 0) is 36.6 Å². The summed E-state index contributed by atoms with van der Waals surface area (Å²) in [5.41, 5.74) is 3.28. The van der Waals surface area contributed by atoms with Crippen molar-refractivity contribution in [2.24, 2.45) is 0 Å². The number of hydrogen-bond acceptors (Lipinski definition) is 1. The number of rotatable bonds is 2. The predicted molar refractivity (Wildman–Crippen MR) is 56.3 cm³/mol. The van der Waals surface area contributed by atoms with Crippen molar-refractivity contribution in [1.82, 2.24) is 0 Å². The SMILES string of the molecule is Cc1cccc(C)c1O/C(Cl)=C/Cl. The van der Waals surface area contributed by atoms with Gasteiger partial charge in [-0.15, -0.1) is 0 Å². The molecule has 1 aromatic rings. The molecule has 1 aromatic carbocycles. The molecular weight excluding hydrogens is 207 g/mol. The second-order valence-electron chi connectivity index (χ2n) is 2.74. The van der Waals surface area contributed by atoms with E-state index in [-0.39, 0.29) is 5.22 Å². The highest BCUT2D eigenvalue weighted by Gasteiger charge is 2.04. The van der Waals surface area contributed by atoms with Crippen LogP contribution in [0.15, 0.2) is 29.0 Å². The zero-order chi connectivity index (χ0) is 9.84. The molecule has 70 valence electrons. The Morgan fingerprint density at radius 1 is 1.31 bits per heavy atom. The Balaban J connectivity index is 3.00. The summed E-state index contributed by atoms with van der Waals surface area (Å²) in [7, 11) is 0. The van der Waals surface area contributed by atoms with Gasteiger partial charge in [0.25, 0.3) is 0 Å². The highest BCUT2D eigenvalue weighted by atomic mass is 35.5. The van der Waals surface area contributed by atoms with Crippen molar-refractivity contribution in [2.45, 2.75) is 13.8 Å². The van der Waals surface area contributed by atoms with Gasteiger partial charge in [0.05, 0.1) is 5.54 Å². The van der Waals surface area contributed by atoms with Gasteiger partial charge in [-0.25, -0.2) is 0 Å². The predicted octanol–water partition coefficient (Wildman–Crippen LogP) is 3.96. The number of ether oxygens (including phenoxy) is 1. The molecule has 0 atom stereocenters. The van der Waals surface area contributed by atoms with Gasteiger partial charge in [0, 0.05) is 0 Å². The third kappa shape index (κ3) is 2.64. The summed E-state index contributed by atoms with van der Waals surface area (Å²) in [6.07, 6.45) is 0. The third-order valence-corrected chi connectivity index (χ3v) is 2.19. The lowest BCUT2D eigenvalue weighted by molar-refractivity contribution is 0.456. The highest BCUT2D eigenvalue weighted by Crippen LogP contribution is 2.25. The minimum Gasteiger partial charge on any atom is -0.444 e. The molecule has 0 N–H and O–H groups in total.